The fourth-order valence-corrected chi connectivity index (χ4v) is 1.36. The molecule has 0 radical (unpaired) electrons. The van der Waals surface area contributed by atoms with Crippen molar-refractivity contribution in [2.24, 2.45) is 0 Å². The van der Waals surface area contributed by atoms with E-state index in [1.807, 2.05) is 20.8 Å². The van der Waals surface area contributed by atoms with Crippen LogP contribution in [0.1, 0.15) is 32.0 Å². The van der Waals surface area contributed by atoms with E-state index in [2.05, 4.69) is 5.10 Å². The highest BCUT2D eigenvalue weighted by molar-refractivity contribution is 5.20. The first kappa shape index (κ1) is 11.1. The molecule has 0 bridgehead atoms. The summed E-state index contributed by atoms with van der Waals surface area (Å²) >= 11 is 0. The minimum Gasteiger partial charge on any atom is -0.264 e. The third-order valence-corrected chi connectivity index (χ3v) is 1.95. The Morgan fingerprint density at radius 2 is 1.71 bits per heavy atom. The van der Waals surface area contributed by atoms with Crippen LogP contribution in [0.5, 0.6) is 0 Å². The maximum Gasteiger partial charge on any atom is 0.419 e. The van der Waals surface area contributed by atoms with E-state index in [0.29, 0.717) is 0 Å². The van der Waals surface area contributed by atoms with E-state index in [-0.39, 0.29) is 5.69 Å². The smallest absolute Gasteiger partial charge is 0.264 e. The second-order valence-electron chi connectivity index (χ2n) is 4.22. The van der Waals surface area contributed by atoms with Crippen LogP contribution in [0, 0.1) is 6.92 Å². The summed E-state index contributed by atoms with van der Waals surface area (Å²) in [6.07, 6.45) is -3.44. The first-order chi connectivity index (χ1) is 6.14. The molecule has 0 atom stereocenters. The first-order valence-electron chi connectivity index (χ1n) is 4.26. The lowest BCUT2D eigenvalue weighted by atomic mass is 10.1. The maximum absolute atomic E-state index is 12.4. The predicted molar refractivity (Wildman–Crippen MR) is 47.0 cm³/mol. The monoisotopic (exact) mass is 206 g/mol. The van der Waals surface area contributed by atoms with Crippen molar-refractivity contribution < 1.29 is 13.2 Å². The summed E-state index contributed by atoms with van der Waals surface area (Å²) in [5, 5.41) is 3.75. The van der Waals surface area contributed by atoms with Crippen LogP contribution >= 0.6 is 0 Å². The predicted octanol–water partition coefficient (Wildman–Crippen LogP) is 2.97. The van der Waals surface area contributed by atoms with Crippen molar-refractivity contribution in [1.82, 2.24) is 9.78 Å². The number of hydrogen-bond acceptors (Lipinski definition) is 1. The second kappa shape index (κ2) is 3.00. The van der Waals surface area contributed by atoms with Crippen molar-refractivity contribution in [2.75, 3.05) is 0 Å². The van der Waals surface area contributed by atoms with Gasteiger partial charge in [0.1, 0.15) is 0 Å². The van der Waals surface area contributed by atoms with Crippen molar-refractivity contribution in [3.63, 3.8) is 0 Å². The third-order valence-electron chi connectivity index (χ3n) is 1.95. The van der Waals surface area contributed by atoms with Gasteiger partial charge < -0.3 is 0 Å². The zero-order valence-electron chi connectivity index (χ0n) is 8.61. The average molecular weight is 206 g/mol. The molecular weight excluding hydrogens is 193 g/mol. The second-order valence-corrected chi connectivity index (χ2v) is 4.22. The Labute approximate surface area is 80.7 Å². The van der Waals surface area contributed by atoms with Gasteiger partial charge in [-0.05, 0) is 27.7 Å². The van der Waals surface area contributed by atoms with Gasteiger partial charge in [0.25, 0.3) is 0 Å². The molecular formula is C9H13F3N2. The van der Waals surface area contributed by atoms with Crippen molar-refractivity contribution in [3.05, 3.63) is 17.5 Å². The molecule has 80 valence electrons. The number of nitrogens with zero attached hydrogens (tertiary/aromatic N) is 2. The first-order valence-corrected chi connectivity index (χ1v) is 4.26. The molecule has 0 saturated heterocycles. The summed E-state index contributed by atoms with van der Waals surface area (Å²) in [7, 11) is 0. The van der Waals surface area contributed by atoms with E-state index in [9.17, 15) is 13.2 Å². The number of aromatic nitrogens is 2. The molecule has 1 rings (SSSR count). The molecule has 0 amide bonds. The van der Waals surface area contributed by atoms with Crippen molar-refractivity contribution in [2.45, 2.75) is 39.4 Å². The van der Waals surface area contributed by atoms with Crippen LogP contribution in [-0.4, -0.2) is 9.78 Å². The van der Waals surface area contributed by atoms with Crippen LogP contribution in [0.2, 0.25) is 0 Å². The van der Waals surface area contributed by atoms with Gasteiger partial charge in [0.05, 0.1) is 17.3 Å². The van der Waals surface area contributed by atoms with Crippen LogP contribution in [-0.2, 0) is 11.7 Å². The maximum atomic E-state index is 12.4. The third kappa shape index (κ3) is 1.91. The summed E-state index contributed by atoms with van der Waals surface area (Å²) in [5.41, 5.74) is -0.925. The summed E-state index contributed by atoms with van der Waals surface area (Å²) in [5.74, 6) is 0. The van der Waals surface area contributed by atoms with Crippen LogP contribution in [0.4, 0.5) is 13.2 Å². The minimum absolute atomic E-state index is 0.157. The van der Waals surface area contributed by atoms with Gasteiger partial charge in [-0.25, -0.2) is 0 Å². The quantitative estimate of drug-likeness (QED) is 0.638. The van der Waals surface area contributed by atoms with E-state index in [1.165, 1.54) is 11.6 Å². The molecule has 0 unspecified atom stereocenters. The molecule has 1 heterocycles. The topological polar surface area (TPSA) is 17.8 Å². The zero-order valence-corrected chi connectivity index (χ0v) is 8.61. The van der Waals surface area contributed by atoms with Gasteiger partial charge in [-0.15, -0.1) is 0 Å². The SMILES string of the molecule is Cc1c(C(F)(F)F)cnn1C(C)(C)C. The zero-order chi connectivity index (χ0) is 11.1. The van der Waals surface area contributed by atoms with Gasteiger partial charge in [0.15, 0.2) is 0 Å². The van der Waals surface area contributed by atoms with Gasteiger partial charge in [0.2, 0.25) is 0 Å². The highest BCUT2D eigenvalue weighted by atomic mass is 19.4. The minimum atomic E-state index is -4.31. The van der Waals surface area contributed by atoms with Crippen LogP contribution in [0.25, 0.3) is 0 Å². The van der Waals surface area contributed by atoms with Crippen molar-refractivity contribution in [3.8, 4) is 0 Å². The summed E-state index contributed by atoms with van der Waals surface area (Å²) in [6.45, 7) is 6.87. The lowest BCUT2D eigenvalue weighted by Gasteiger charge is -2.21. The highest BCUT2D eigenvalue weighted by Gasteiger charge is 2.36. The van der Waals surface area contributed by atoms with Gasteiger partial charge >= 0.3 is 6.18 Å². The molecule has 0 saturated carbocycles. The largest absolute Gasteiger partial charge is 0.419 e. The van der Waals surface area contributed by atoms with E-state index >= 15 is 0 Å². The lowest BCUT2D eigenvalue weighted by Crippen LogP contribution is -2.24. The number of rotatable bonds is 0. The van der Waals surface area contributed by atoms with E-state index in [0.717, 1.165) is 6.20 Å². The lowest BCUT2D eigenvalue weighted by molar-refractivity contribution is -0.138. The Bertz CT molecular complexity index is 299. The van der Waals surface area contributed by atoms with E-state index in [4.69, 9.17) is 0 Å². The molecule has 0 fully saturated rings. The highest BCUT2D eigenvalue weighted by Crippen LogP contribution is 2.32. The fraction of sp³-hybridized carbons (Fsp3) is 0.667. The summed E-state index contributed by atoms with van der Waals surface area (Å²) in [6, 6.07) is 0. The van der Waals surface area contributed by atoms with Crippen molar-refractivity contribution in [1.29, 1.82) is 0 Å². The molecule has 0 aromatic carbocycles. The summed E-state index contributed by atoms with van der Waals surface area (Å²) in [4.78, 5) is 0. The van der Waals surface area contributed by atoms with E-state index < -0.39 is 17.3 Å². The number of halogens is 3. The Hall–Kier alpha value is -1.00. The standard InChI is InChI=1S/C9H13F3N2/c1-6-7(9(10,11)12)5-13-14(6)8(2,3)4/h5H,1-4H3. The Morgan fingerprint density at radius 1 is 1.21 bits per heavy atom. The molecule has 5 heteroatoms. The van der Waals surface area contributed by atoms with Crippen LogP contribution in [0.3, 0.4) is 0 Å². The fourth-order valence-electron chi connectivity index (χ4n) is 1.36. The molecule has 14 heavy (non-hydrogen) atoms. The van der Waals surface area contributed by atoms with Gasteiger partial charge in [0, 0.05) is 5.69 Å². The van der Waals surface area contributed by atoms with Crippen LogP contribution in [0.15, 0.2) is 6.20 Å². The Balaban J connectivity index is 3.23. The number of alkyl halides is 3. The Morgan fingerprint density at radius 3 is 1.93 bits per heavy atom. The van der Waals surface area contributed by atoms with Gasteiger partial charge in [-0.1, -0.05) is 0 Å². The van der Waals surface area contributed by atoms with Gasteiger partial charge in [-0.3, -0.25) is 4.68 Å². The van der Waals surface area contributed by atoms with Crippen molar-refractivity contribution >= 4 is 0 Å². The molecule has 0 aliphatic carbocycles. The molecule has 0 aliphatic rings. The van der Waals surface area contributed by atoms with Gasteiger partial charge in [-0.2, -0.15) is 18.3 Å². The number of hydrogen-bond donors (Lipinski definition) is 0. The molecule has 1 aromatic rings. The Kier molecular flexibility index (Phi) is 2.37. The molecule has 0 aliphatic heterocycles. The average Bonchev–Trinajstić information content (AvgIpc) is 2.26. The normalized spacial score (nSPS) is 13.4. The summed E-state index contributed by atoms with van der Waals surface area (Å²) < 4.78 is 38.6. The molecule has 2 nitrogen and oxygen atoms in total. The van der Waals surface area contributed by atoms with Crippen LogP contribution < -0.4 is 0 Å². The molecule has 1 aromatic heterocycles. The van der Waals surface area contributed by atoms with E-state index in [1.54, 1.807) is 0 Å². The molecule has 0 spiro atoms. The molecule has 0 N–H and O–H groups in total.